The van der Waals surface area contributed by atoms with Crippen molar-refractivity contribution < 1.29 is 9.18 Å². The lowest BCUT2D eigenvalue weighted by Crippen LogP contribution is -2.49. The molecule has 0 radical (unpaired) electrons. The van der Waals surface area contributed by atoms with Crippen molar-refractivity contribution in [2.45, 2.75) is 6.54 Å². The monoisotopic (exact) mass is 363 g/mol. The van der Waals surface area contributed by atoms with E-state index in [9.17, 15) is 9.18 Å². The van der Waals surface area contributed by atoms with E-state index in [1.165, 1.54) is 17.7 Å². The molecule has 4 nitrogen and oxygen atoms in total. The number of carbonyl (C=O) groups is 1. The Morgan fingerprint density at radius 2 is 1.56 bits per heavy atom. The maximum Gasteiger partial charge on any atom is 0.270 e. The molecule has 0 spiro atoms. The van der Waals surface area contributed by atoms with Gasteiger partial charge in [0, 0.05) is 44.6 Å². The van der Waals surface area contributed by atoms with Gasteiger partial charge in [-0.2, -0.15) is 0 Å². The molecular formula is C22H22FN3O. The second-order valence-electron chi connectivity index (χ2n) is 6.76. The van der Waals surface area contributed by atoms with Crippen LogP contribution in [-0.4, -0.2) is 41.6 Å². The third-order valence-electron chi connectivity index (χ3n) is 5.00. The van der Waals surface area contributed by atoms with Gasteiger partial charge in [-0.05, 0) is 42.0 Å². The second kappa shape index (κ2) is 7.66. The molecule has 1 aromatic heterocycles. The summed E-state index contributed by atoms with van der Waals surface area (Å²) in [6.07, 6.45) is 1.95. The molecule has 27 heavy (non-hydrogen) atoms. The number of anilines is 1. The van der Waals surface area contributed by atoms with Crippen LogP contribution in [0, 0.1) is 5.82 Å². The molecule has 0 bridgehead atoms. The van der Waals surface area contributed by atoms with E-state index in [2.05, 4.69) is 17.0 Å². The molecule has 1 fully saturated rings. The van der Waals surface area contributed by atoms with E-state index in [4.69, 9.17) is 0 Å². The number of amides is 1. The van der Waals surface area contributed by atoms with Crippen LogP contribution in [0.1, 0.15) is 16.1 Å². The molecule has 2 aromatic carbocycles. The van der Waals surface area contributed by atoms with Crippen molar-refractivity contribution in [2.24, 2.45) is 0 Å². The summed E-state index contributed by atoms with van der Waals surface area (Å²) < 4.78 is 15.1. The summed E-state index contributed by atoms with van der Waals surface area (Å²) in [7, 11) is 0. The van der Waals surface area contributed by atoms with Gasteiger partial charge in [-0.1, -0.05) is 30.3 Å². The fourth-order valence-corrected chi connectivity index (χ4v) is 3.51. The first-order valence-electron chi connectivity index (χ1n) is 9.19. The van der Waals surface area contributed by atoms with Crippen LogP contribution in [0.3, 0.4) is 0 Å². The number of hydrogen-bond acceptors (Lipinski definition) is 2. The van der Waals surface area contributed by atoms with Crippen molar-refractivity contribution in [3.8, 4) is 0 Å². The van der Waals surface area contributed by atoms with Gasteiger partial charge in [-0.3, -0.25) is 4.79 Å². The number of carbonyl (C=O) groups excluding carboxylic acids is 1. The zero-order valence-corrected chi connectivity index (χ0v) is 15.1. The van der Waals surface area contributed by atoms with E-state index >= 15 is 0 Å². The molecule has 0 unspecified atom stereocenters. The first-order chi connectivity index (χ1) is 13.2. The highest BCUT2D eigenvalue weighted by molar-refractivity contribution is 5.93. The smallest absolute Gasteiger partial charge is 0.270 e. The van der Waals surface area contributed by atoms with E-state index in [1.54, 1.807) is 12.1 Å². The Hall–Kier alpha value is -3.08. The highest BCUT2D eigenvalue weighted by Crippen LogP contribution is 2.18. The Kier molecular flexibility index (Phi) is 4.92. The molecule has 138 valence electrons. The van der Waals surface area contributed by atoms with Gasteiger partial charge in [0.05, 0.1) is 0 Å². The van der Waals surface area contributed by atoms with E-state index in [1.807, 2.05) is 46.0 Å². The van der Waals surface area contributed by atoms with Crippen LogP contribution in [0.4, 0.5) is 10.1 Å². The van der Waals surface area contributed by atoms with Crippen LogP contribution >= 0.6 is 0 Å². The number of hydrogen-bond donors (Lipinski definition) is 0. The third-order valence-corrected chi connectivity index (χ3v) is 5.00. The SMILES string of the molecule is O=C(c1cccn1Cc1ccccc1)N1CCN(c2ccc(F)cc2)CC1. The molecule has 2 heterocycles. The van der Waals surface area contributed by atoms with Gasteiger partial charge >= 0.3 is 0 Å². The summed E-state index contributed by atoms with van der Waals surface area (Å²) >= 11 is 0. The van der Waals surface area contributed by atoms with Crippen molar-refractivity contribution in [1.82, 2.24) is 9.47 Å². The van der Waals surface area contributed by atoms with E-state index in [-0.39, 0.29) is 11.7 Å². The van der Waals surface area contributed by atoms with Crippen molar-refractivity contribution >= 4 is 11.6 Å². The molecule has 0 atom stereocenters. The summed E-state index contributed by atoms with van der Waals surface area (Å²) in [4.78, 5) is 17.1. The molecule has 1 amide bonds. The lowest BCUT2D eigenvalue weighted by molar-refractivity contribution is 0.0736. The first-order valence-corrected chi connectivity index (χ1v) is 9.19. The number of piperazine rings is 1. The van der Waals surface area contributed by atoms with Crippen LogP contribution in [0.5, 0.6) is 0 Å². The lowest BCUT2D eigenvalue weighted by atomic mass is 10.2. The minimum absolute atomic E-state index is 0.0645. The molecule has 1 aliphatic rings. The largest absolute Gasteiger partial charge is 0.368 e. The topological polar surface area (TPSA) is 28.5 Å². The van der Waals surface area contributed by atoms with E-state index in [0.29, 0.717) is 25.3 Å². The Labute approximate surface area is 158 Å². The fraction of sp³-hybridized carbons (Fsp3) is 0.227. The van der Waals surface area contributed by atoms with Crippen LogP contribution < -0.4 is 4.90 Å². The molecule has 0 saturated carbocycles. The molecule has 5 heteroatoms. The molecule has 0 aliphatic carbocycles. The molecule has 4 rings (SSSR count). The van der Waals surface area contributed by atoms with Crippen LogP contribution in [0.25, 0.3) is 0 Å². The quantitative estimate of drug-likeness (QED) is 0.708. The summed E-state index contributed by atoms with van der Waals surface area (Å²) in [5.74, 6) is -0.165. The van der Waals surface area contributed by atoms with Gasteiger partial charge in [0.15, 0.2) is 0 Å². The van der Waals surface area contributed by atoms with Gasteiger partial charge in [0.25, 0.3) is 5.91 Å². The average Bonchev–Trinajstić information content (AvgIpc) is 3.17. The van der Waals surface area contributed by atoms with Gasteiger partial charge in [-0.25, -0.2) is 4.39 Å². The maximum absolute atomic E-state index is 13.1. The maximum atomic E-state index is 13.1. The summed E-state index contributed by atoms with van der Waals surface area (Å²) in [5, 5.41) is 0. The van der Waals surface area contributed by atoms with Crippen LogP contribution in [-0.2, 0) is 6.54 Å². The lowest BCUT2D eigenvalue weighted by Gasteiger charge is -2.36. The fourth-order valence-electron chi connectivity index (χ4n) is 3.51. The minimum Gasteiger partial charge on any atom is -0.368 e. The Morgan fingerprint density at radius 1 is 0.852 bits per heavy atom. The zero-order valence-electron chi connectivity index (χ0n) is 15.1. The Balaban J connectivity index is 1.41. The highest BCUT2D eigenvalue weighted by atomic mass is 19.1. The van der Waals surface area contributed by atoms with Gasteiger partial charge in [0.2, 0.25) is 0 Å². The molecule has 1 saturated heterocycles. The molecule has 1 aliphatic heterocycles. The van der Waals surface area contributed by atoms with Crippen molar-refractivity contribution in [3.05, 3.63) is 90.0 Å². The second-order valence-corrected chi connectivity index (χ2v) is 6.76. The molecular weight excluding hydrogens is 341 g/mol. The van der Waals surface area contributed by atoms with Gasteiger partial charge in [0.1, 0.15) is 11.5 Å². The van der Waals surface area contributed by atoms with Crippen LogP contribution in [0.15, 0.2) is 72.9 Å². The van der Waals surface area contributed by atoms with Gasteiger partial charge in [-0.15, -0.1) is 0 Å². The Morgan fingerprint density at radius 3 is 2.26 bits per heavy atom. The first kappa shape index (κ1) is 17.3. The number of benzene rings is 2. The van der Waals surface area contributed by atoms with Crippen molar-refractivity contribution in [3.63, 3.8) is 0 Å². The summed E-state index contributed by atoms with van der Waals surface area (Å²) in [6.45, 7) is 3.50. The predicted octanol–water partition coefficient (Wildman–Crippen LogP) is 3.64. The van der Waals surface area contributed by atoms with Crippen LogP contribution in [0.2, 0.25) is 0 Å². The summed E-state index contributed by atoms with van der Waals surface area (Å²) in [5.41, 5.74) is 2.88. The number of rotatable bonds is 4. The zero-order chi connectivity index (χ0) is 18.6. The predicted molar refractivity (Wildman–Crippen MR) is 104 cm³/mol. The number of aromatic nitrogens is 1. The van der Waals surface area contributed by atoms with Crippen molar-refractivity contribution in [1.29, 1.82) is 0 Å². The number of nitrogens with zero attached hydrogens (tertiary/aromatic N) is 3. The van der Waals surface area contributed by atoms with Gasteiger partial charge < -0.3 is 14.4 Å². The summed E-state index contributed by atoms with van der Waals surface area (Å²) in [6, 6.07) is 20.5. The van der Waals surface area contributed by atoms with Crippen molar-refractivity contribution in [2.75, 3.05) is 31.1 Å². The Bertz CT molecular complexity index is 897. The third kappa shape index (κ3) is 3.87. The average molecular weight is 363 g/mol. The minimum atomic E-state index is -0.230. The molecule has 3 aromatic rings. The normalized spacial score (nSPS) is 14.4. The van der Waals surface area contributed by atoms with E-state index in [0.717, 1.165) is 18.8 Å². The van der Waals surface area contributed by atoms with E-state index < -0.39 is 0 Å². The number of halogens is 1. The highest BCUT2D eigenvalue weighted by Gasteiger charge is 2.24. The standard InChI is InChI=1S/C22H22FN3O/c23-19-8-10-20(11-9-19)24-13-15-25(16-14-24)22(27)21-7-4-12-26(21)17-18-5-2-1-3-6-18/h1-12H,13-17H2. The molecule has 0 N–H and O–H groups in total.